The summed E-state index contributed by atoms with van der Waals surface area (Å²) in [5.41, 5.74) is 2.98. The van der Waals surface area contributed by atoms with Crippen LogP contribution in [0.1, 0.15) is 0 Å². The van der Waals surface area contributed by atoms with Gasteiger partial charge in [-0.15, -0.1) is 0 Å². The van der Waals surface area contributed by atoms with E-state index in [4.69, 9.17) is 11.6 Å². The molecule has 0 atom stereocenters. The van der Waals surface area contributed by atoms with Crippen molar-refractivity contribution >= 4 is 35.1 Å². The zero-order valence-corrected chi connectivity index (χ0v) is 22.3. The van der Waals surface area contributed by atoms with E-state index in [-0.39, 0.29) is 30.0 Å². The molecule has 202 valence electrons. The quantitative estimate of drug-likeness (QED) is 0.281. The minimum atomic E-state index is -0.876. The molecule has 4 heterocycles. The fraction of sp³-hybridized carbons (Fsp3) is 0.259. The number of nitrogens with zero attached hydrogens (tertiary/aromatic N) is 5. The molecule has 2 fully saturated rings. The van der Waals surface area contributed by atoms with Crippen LogP contribution in [0.15, 0.2) is 61.1 Å². The molecule has 0 amide bonds. The minimum absolute atomic E-state index is 0.157. The lowest BCUT2D eigenvalue weighted by molar-refractivity contribution is 0.154. The summed E-state index contributed by atoms with van der Waals surface area (Å²) in [4.78, 5) is 6.20. The second-order valence-electron chi connectivity index (χ2n) is 9.40. The van der Waals surface area contributed by atoms with Gasteiger partial charge in [-0.3, -0.25) is 4.98 Å². The SMILES string of the molecule is Fc1cc(N2CCNCC2)ccc1-n1cc(-c2cc(Cl)cc(NSN3CC(F)C3)c2F)c(-c2ccncc2)n1. The topological polar surface area (TPSA) is 61.2 Å². The molecule has 2 aliphatic rings. The van der Waals surface area contributed by atoms with Gasteiger partial charge >= 0.3 is 0 Å². The van der Waals surface area contributed by atoms with Crippen LogP contribution in [0.2, 0.25) is 5.02 Å². The number of halogens is 4. The molecule has 2 N–H and O–H groups in total. The van der Waals surface area contributed by atoms with E-state index in [0.29, 0.717) is 21.8 Å². The van der Waals surface area contributed by atoms with Crippen molar-refractivity contribution in [2.45, 2.75) is 6.17 Å². The second kappa shape index (κ2) is 11.1. The number of hydrogen-bond donors (Lipinski definition) is 2. The minimum Gasteiger partial charge on any atom is -0.369 e. The second-order valence-corrected chi connectivity index (χ2v) is 10.7. The standard InChI is InChI=1S/C27H25ClF3N7S/c28-18-11-21(26(31)24(12-18)35-39-37-14-19(29)15-37)22-16-38(34-27(22)17-3-5-32-6-4-17)25-2-1-20(13-23(25)30)36-9-7-33-8-10-36/h1-6,11-13,16,19,33,35H,7-10,14-15H2. The molecule has 2 saturated heterocycles. The van der Waals surface area contributed by atoms with Gasteiger partial charge in [-0.25, -0.2) is 22.2 Å². The lowest BCUT2D eigenvalue weighted by Gasteiger charge is -2.32. The Morgan fingerprint density at radius 2 is 1.77 bits per heavy atom. The summed E-state index contributed by atoms with van der Waals surface area (Å²) in [6.45, 7) is 3.82. The van der Waals surface area contributed by atoms with Crippen molar-refractivity contribution < 1.29 is 13.2 Å². The zero-order chi connectivity index (χ0) is 26.9. The Hall–Kier alpha value is -3.25. The fourth-order valence-electron chi connectivity index (χ4n) is 4.65. The molecule has 6 rings (SSSR count). The fourth-order valence-corrected chi connectivity index (χ4v) is 5.72. The molecule has 0 aliphatic carbocycles. The van der Waals surface area contributed by atoms with E-state index in [2.05, 4.69) is 25.0 Å². The highest BCUT2D eigenvalue weighted by Gasteiger charge is 2.28. The van der Waals surface area contributed by atoms with Crippen LogP contribution in [0.3, 0.4) is 0 Å². The van der Waals surface area contributed by atoms with Crippen LogP contribution in [-0.4, -0.2) is 64.5 Å². The van der Waals surface area contributed by atoms with Crippen LogP contribution in [0.5, 0.6) is 0 Å². The zero-order valence-electron chi connectivity index (χ0n) is 20.7. The van der Waals surface area contributed by atoms with Crippen LogP contribution < -0.4 is 14.9 Å². The Labute approximate surface area is 233 Å². The van der Waals surface area contributed by atoms with E-state index in [1.807, 2.05) is 6.07 Å². The molecule has 12 heteroatoms. The molecule has 0 spiro atoms. The molecule has 4 aromatic rings. The average Bonchev–Trinajstić information content (AvgIpc) is 3.38. The number of hydrogen-bond acceptors (Lipinski definition) is 7. The van der Waals surface area contributed by atoms with Crippen molar-refractivity contribution in [2.24, 2.45) is 0 Å². The van der Waals surface area contributed by atoms with Crippen molar-refractivity contribution in [2.75, 3.05) is 48.9 Å². The third kappa shape index (κ3) is 5.44. The Balaban J connectivity index is 1.39. The van der Waals surface area contributed by atoms with Crippen molar-refractivity contribution in [1.29, 1.82) is 0 Å². The number of alkyl halides is 1. The number of benzene rings is 2. The van der Waals surface area contributed by atoms with Gasteiger partial charge in [-0.2, -0.15) is 5.10 Å². The van der Waals surface area contributed by atoms with E-state index in [1.54, 1.807) is 41.1 Å². The van der Waals surface area contributed by atoms with Crippen molar-refractivity contribution in [3.63, 3.8) is 0 Å². The molecule has 0 bridgehead atoms. The number of aromatic nitrogens is 3. The maximum atomic E-state index is 15.9. The van der Waals surface area contributed by atoms with Crippen molar-refractivity contribution in [3.05, 3.63) is 77.7 Å². The van der Waals surface area contributed by atoms with Gasteiger partial charge < -0.3 is 14.9 Å². The summed E-state index contributed by atoms with van der Waals surface area (Å²) in [7, 11) is 0. The van der Waals surface area contributed by atoms with Crippen LogP contribution in [0, 0.1) is 11.6 Å². The Morgan fingerprint density at radius 3 is 2.49 bits per heavy atom. The summed E-state index contributed by atoms with van der Waals surface area (Å²) in [5.74, 6) is -0.985. The molecule has 2 aliphatic heterocycles. The van der Waals surface area contributed by atoms with Crippen molar-refractivity contribution in [1.82, 2.24) is 24.4 Å². The van der Waals surface area contributed by atoms with E-state index >= 15 is 8.78 Å². The van der Waals surface area contributed by atoms with Gasteiger partial charge in [0.2, 0.25) is 0 Å². The Kier molecular flexibility index (Phi) is 7.39. The number of pyridine rings is 1. The molecule has 0 radical (unpaired) electrons. The maximum absolute atomic E-state index is 15.9. The maximum Gasteiger partial charge on any atom is 0.155 e. The highest BCUT2D eigenvalue weighted by atomic mass is 35.5. The average molecular weight is 572 g/mol. The third-order valence-corrected chi connectivity index (χ3v) is 7.83. The summed E-state index contributed by atoms with van der Waals surface area (Å²) >= 11 is 7.52. The molecule has 7 nitrogen and oxygen atoms in total. The van der Waals surface area contributed by atoms with Gasteiger partial charge in [0.1, 0.15) is 17.6 Å². The van der Waals surface area contributed by atoms with Gasteiger partial charge in [-0.1, -0.05) is 11.6 Å². The highest BCUT2D eigenvalue weighted by molar-refractivity contribution is 7.98. The molecule has 0 unspecified atom stereocenters. The molecule has 2 aromatic heterocycles. The van der Waals surface area contributed by atoms with Gasteiger partial charge in [-0.05, 0) is 42.5 Å². The van der Waals surface area contributed by atoms with Crippen LogP contribution in [0.25, 0.3) is 28.1 Å². The first kappa shape index (κ1) is 26.0. The molecule has 39 heavy (non-hydrogen) atoms. The first-order chi connectivity index (χ1) is 19.0. The Bertz CT molecular complexity index is 1470. The number of rotatable bonds is 7. The molecule has 2 aromatic carbocycles. The summed E-state index contributed by atoms with van der Waals surface area (Å²) in [5, 5.41) is 8.27. The predicted octanol–water partition coefficient (Wildman–Crippen LogP) is 5.57. The van der Waals surface area contributed by atoms with Crippen LogP contribution in [0.4, 0.5) is 24.5 Å². The molecular weight excluding hydrogens is 547 g/mol. The lowest BCUT2D eigenvalue weighted by atomic mass is 10.0. The van der Waals surface area contributed by atoms with Gasteiger partial charge in [0.15, 0.2) is 11.6 Å². The normalized spacial score (nSPS) is 16.4. The van der Waals surface area contributed by atoms with Gasteiger partial charge in [0, 0.05) is 97.4 Å². The third-order valence-electron chi connectivity index (χ3n) is 6.74. The highest BCUT2D eigenvalue weighted by Crippen LogP contribution is 2.39. The number of nitrogens with one attached hydrogen (secondary N) is 2. The summed E-state index contributed by atoms with van der Waals surface area (Å²) in [6, 6.07) is 11.6. The van der Waals surface area contributed by atoms with E-state index < -0.39 is 17.8 Å². The number of anilines is 2. The van der Waals surface area contributed by atoms with Crippen LogP contribution in [-0.2, 0) is 0 Å². The summed E-state index contributed by atoms with van der Waals surface area (Å²) < 4.78 is 50.6. The van der Waals surface area contributed by atoms with Gasteiger partial charge in [0.05, 0.1) is 5.69 Å². The van der Waals surface area contributed by atoms with Gasteiger partial charge in [0.25, 0.3) is 0 Å². The number of piperazine rings is 1. The lowest BCUT2D eigenvalue weighted by Crippen LogP contribution is -2.44. The monoisotopic (exact) mass is 571 g/mol. The van der Waals surface area contributed by atoms with Crippen molar-refractivity contribution in [3.8, 4) is 28.1 Å². The van der Waals surface area contributed by atoms with E-state index in [9.17, 15) is 4.39 Å². The molecular formula is C27H25ClF3N7S. The van der Waals surface area contributed by atoms with Crippen LogP contribution >= 0.6 is 23.7 Å². The predicted molar refractivity (Wildman–Crippen MR) is 150 cm³/mol. The van der Waals surface area contributed by atoms with E-state index in [0.717, 1.165) is 44.0 Å². The first-order valence-corrected chi connectivity index (χ1v) is 13.7. The molecule has 0 saturated carbocycles. The largest absolute Gasteiger partial charge is 0.369 e. The van der Waals surface area contributed by atoms with E-state index in [1.165, 1.54) is 22.9 Å². The summed E-state index contributed by atoms with van der Waals surface area (Å²) in [6.07, 6.45) is 3.96. The Morgan fingerprint density at radius 1 is 1.00 bits per heavy atom. The smallest absolute Gasteiger partial charge is 0.155 e. The first-order valence-electron chi connectivity index (χ1n) is 12.5.